The van der Waals surface area contributed by atoms with Crippen molar-refractivity contribution in [1.29, 1.82) is 0 Å². The Morgan fingerprint density at radius 2 is 2.10 bits per heavy atom. The second-order valence-corrected chi connectivity index (χ2v) is 6.53. The number of primary amides is 1. The molecule has 7 heteroatoms. The molecule has 1 heterocycles. The van der Waals surface area contributed by atoms with E-state index in [1.54, 1.807) is 16.0 Å². The number of rotatable bonds is 5. The van der Waals surface area contributed by atoms with Gasteiger partial charge in [-0.2, -0.15) is 0 Å². The Morgan fingerprint density at radius 1 is 1.43 bits per heavy atom. The van der Waals surface area contributed by atoms with Gasteiger partial charge in [0.1, 0.15) is 6.04 Å². The van der Waals surface area contributed by atoms with Crippen LogP contribution in [0.25, 0.3) is 0 Å². The van der Waals surface area contributed by atoms with Gasteiger partial charge in [0.25, 0.3) is 0 Å². The molecule has 112 valence electrons. The molecule has 1 aliphatic heterocycles. The van der Waals surface area contributed by atoms with E-state index in [1.165, 1.54) is 0 Å². The Hall–Kier alpha value is -1.06. The third-order valence-corrected chi connectivity index (χ3v) is 5.37. The Labute approximate surface area is 140 Å². The average Bonchev–Trinajstić information content (AvgIpc) is 2.91. The van der Waals surface area contributed by atoms with Crippen LogP contribution >= 0.6 is 30.3 Å². The van der Waals surface area contributed by atoms with Crippen molar-refractivity contribution in [2.75, 3.05) is 6.54 Å². The van der Waals surface area contributed by atoms with Gasteiger partial charge in [-0.1, -0.05) is 36.4 Å². The lowest BCUT2D eigenvalue weighted by atomic mass is 10.00. The molecule has 1 aromatic rings. The standard InChI is InChI=1S/C14H16IN3O2S/c1-9(13(16)19)17-14(20)11-7-8-18(21-15)12(11)10-5-3-2-4-6-10/h2-7,9,12H,8H2,1H3,(H2,16,19)(H,17,20)/t9-,12?/m0/s1. The molecule has 1 aromatic carbocycles. The second kappa shape index (κ2) is 7.28. The first-order chi connectivity index (χ1) is 10.0. The molecule has 0 aliphatic carbocycles. The molecule has 0 fully saturated rings. The summed E-state index contributed by atoms with van der Waals surface area (Å²) in [5, 5.41) is 2.65. The van der Waals surface area contributed by atoms with Gasteiger partial charge < -0.3 is 11.1 Å². The summed E-state index contributed by atoms with van der Waals surface area (Å²) in [5.41, 5.74) is 6.89. The third kappa shape index (κ3) is 3.78. The summed E-state index contributed by atoms with van der Waals surface area (Å²) in [5.74, 6) is -0.790. The zero-order valence-corrected chi connectivity index (χ0v) is 14.4. The number of carbonyl (C=O) groups excluding carboxylic acids is 2. The quantitative estimate of drug-likeness (QED) is 0.568. The molecule has 21 heavy (non-hydrogen) atoms. The first-order valence-electron chi connectivity index (χ1n) is 6.45. The molecule has 0 bridgehead atoms. The molecule has 0 spiro atoms. The fraction of sp³-hybridized carbons (Fsp3) is 0.286. The highest BCUT2D eigenvalue weighted by atomic mass is 127. The molecule has 0 aromatic heterocycles. The lowest BCUT2D eigenvalue weighted by molar-refractivity contribution is -0.125. The highest BCUT2D eigenvalue weighted by molar-refractivity contribution is 14.2. The van der Waals surface area contributed by atoms with Crippen LogP contribution in [-0.4, -0.2) is 28.7 Å². The second-order valence-electron chi connectivity index (χ2n) is 4.74. The molecule has 0 saturated carbocycles. The summed E-state index contributed by atoms with van der Waals surface area (Å²) in [6.45, 7) is 2.26. The maximum atomic E-state index is 12.4. The van der Waals surface area contributed by atoms with E-state index in [0.29, 0.717) is 12.1 Å². The van der Waals surface area contributed by atoms with Gasteiger partial charge in [0.2, 0.25) is 11.8 Å². The van der Waals surface area contributed by atoms with Gasteiger partial charge in [-0.3, -0.25) is 9.59 Å². The van der Waals surface area contributed by atoms with Gasteiger partial charge in [0, 0.05) is 33.3 Å². The Bertz CT molecular complexity index is 565. The topological polar surface area (TPSA) is 75.4 Å². The van der Waals surface area contributed by atoms with Crippen molar-refractivity contribution < 1.29 is 9.59 Å². The maximum Gasteiger partial charge on any atom is 0.249 e. The summed E-state index contributed by atoms with van der Waals surface area (Å²) in [4.78, 5) is 23.5. The number of nitrogens with two attached hydrogens (primary N) is 1. The van der Waals surface area contributed by atoms with Gasteiger partial charge in [-0.15, -0.1) is 0 Å². The zero-order chi connectivity index (χ0) is 15.4. The Balaban J connectivity index is 2.22. The number of hydrogen-bond donors (Lipinski definition) is 2. The summed E-state index contributed by atoms with van der Waals surface area (Å²) in [7, 11) is 1.56. The molecular formula is C14H16IN3O2S. The smallest absolute Gasteiger partial charge is 0.249 e. The minimum Gasteiger partial charge on any atom is -0.368 e. The largest absolute Gasteiger partial charge is 0.368 e. The Kier molecular flexibility index (Phi) is 5.65. The van der Waals surface area contributed by atoms with Crippen molar-refractivity contribution in [3.05, 3.63) is 47.5 Å². The highest BCUT2D eigenvalue weighted by Gasteiger charge is 2.33. The summed E-state index contributed by atoms with van der Waals surface area (Å²) in [6, 6.07) is 9.03. The SMILES string of the molecule is C[C@H](NC(=O)C1=CCN(SI)C1c1ccccc1)C(N)=O. The van der Waals surface area contributed by atoms with Crippen LogP contribution in [0.1, 0.15) is 18.5 Å². The van der Waals surface area contributed by atoms with Crippen LogP contribution in [0.15, 0.2) is 42.0 Å². The predicted octanol–water partition coefficient (Wildman–Crippen LogP) is 1.96. The fourth-order valence-electron chi connectivity index (χ4n) is 2.18. The number of amides is 2. The summed E-state index contributed by atoms with van der Waals surface area (Å²) >= 11 is 2.20. The molecule has 3 N–H and O–H groups in total. The molecule has 5 nitrogen and oxygen atoms in total. The third-order valence-electron chi connectivity index (χ3n) is 3.31. The van der Waals surface area contributed by atoms with Crippen LogP contribution in [-0.2, 0) is 9.59 Å². The molecule has 0 saturated heterocycles. The van der Waals surface area contributed by atoms with Gasteiger partial charge in [-0.25, -0.2) is 4.31 Å². The van der Waals surface area contributed by atoms with Crippen LogP contribution in [0, 0.1) is 0 Å². The lowest BCUT2D eigenvalue weighted by Crippen LogP contribution is -2.43. The first-order valence-corrected chi connectivity index (χ1v) is 9.76. The van der Waals surface area contributed by atoms with E-state index in [1.807, 2.05) is 36.4 Å². The molecule has 0 radical (unpaired) electrons. The molecule has 2 atom stereocenters. The van der Waals surface area contributed by atoms with Crippen LogP contribution in [0.5, 0.6) is 0 Å². The summed E-state index contributed by atoms with van der Waals surface area (Å²) < 4.78 is 2.11. The van der Waals surface area contributed by atoms with Crippen molar-refractivity contribution in [1.82, 2.24) is 9.62 Å². The normalized spacial score (nSPS) is 19.9. The number of nitrogens with one attached hydrogen (secondary N) is 1. The number of hydrogen-bond acceptors (Lipinski definition) is 4. The van der Waals surface area contributed by atoms with Gasteiger partial charge in [0.15, 0.2) is 0 Å². The van der Waals surface area contributed by atoms with E-state index >= 15 is 0 Å². The fourth-order valence-corrected chi connectivity index (χ4v) is 3.79. The lowest BCUT2D eigenvalue weighted by Gasteiger charge is -2.24. The molecule has 1 unspecified atom stereocenters. The van der Waals surface area contributed by atoms with Crippen LogP contribution in [0.4, 0.5) is 0 Å². The van der Waals surface area contributed by atoms with Crippen molar-refractivity contribution in [3.63, 3.8) is 0 Å². The van der Waals surface area contributed by atoms with Crippen LogP contribution in [0.2, 0.25) is 0 Å². The molecule has 2 amide bonds. The van der Waals surface area contributed by atoms with E-state index in [9.17, 15) is 9.59 Å². The first kappa shape index (κ1) is 16.3. The predicted molar refractivity (Wildman–Crippen MR) is 92.4 cm³/mol. The highest BCUT2D eigenvalue weighted by Crippen LogP contribution is 2.40. The maximum absolute atomic E-state index is 12.4. The minimum absolute atomic E-state index is 0.117. The van der Waals surface area contributed by atoms with Crippen LogP contribution in [0.3, 0.4) is 0 Å². The molecule has 2 rings (SSSR count). The zero-order valence-electron chi connectivity index (χ0n) is 11.5. The van der Waals surface area contributed by atoms with Gasteiger partial charge in [0.05, 0.1) is 6.04 Å². The number of benzene rings is 1. The molecular weight excluding hydrogens is 401 g/mol. The summed E-state index contributed by atoms with van der Waals surface area (Å²) in [6.07, 6.45) is 1.90. The number of carbonyl (C=O) groups is 2. The number of nitrogens with zero attached hydrogens (tertiary/aromatic N) is 1. The average molecular weight is 417 g/mol. The van der Waals surface area contributed by atoms with Gasteiger partial charge in [-0.05, 0) is 21.6 Å². The van der Waals surface area contributed by atoms with E-state index in [0.717, 1.165) is 5.56 Å². The number of halogens is 1. The van der Waals surface area contributed by atoms with Gasteiger partial charge >= 0.3 is 0 Å². The van der Waals surface area contributed by atoms with Crippen molar-refractivity contribution in [3.8, 4) is 0 Å². The van der Waals surface area contributed by atoms with E-state index in [4.69, 9.17) is 5.73 Å². The minimum atomic E-state index is -0.684. The van der Waals surface area contributed by atoms with Crippen molar-refractivity contribution >= 4 is 42.1 Å². The van der Waals surface area contributed by atoms with E-state index in [-0.39, 0.29) is 11.9 Å². The molecule has 1 aliphatic rings. The van der Waals surface area contributed by atoms with E-state index in [2.05, 4.69) is 30.8 Å². The van der Waals surface area contributed by atoms with Crippen molar-refractivity contribution in [2.24, 2.45) is 5.73 Å². The van der Waals surface area contributed by atoms with Crippen LogP contribution < -0.4 is 11.1 Å². The van der Waals surface area contributed by atoms with Crippen molar-refractivity contribution in [2.45, 2.75) is 19.0 Å². The Morgan fingerprint density at radius 3 is 2.67 bits per heavy atom. The monoisotopic (exact) mass is 417 g/mol. The van der Waals surface area contributed by atoms with E-state index < -0.39 is 11.9 Å².